The summed E-state index contributed by atoms with van der Waals surface area (Å²) in [5.41, 5.74) is -2.15. The highest BCUT2D eigenvalue weighted by Gasteiger charge is 2.31. The number of benzene rings is 2. The Balaban J connectivity index is 2.11. The molecule has 1 heterocycles. The summed E-state index contributed by atoms with van der Waals surface area (Å²) in [6, 6.07) is 7.47. The molecule has 0 fully saturated rings. The molecule has 0 unspecified atom stereocenters. The van der Waals surface area contributed by atoms with E-state index in [1.165, 1.54) is 12.1 Å². The maximum Gasteiger partial charge on any atom is 0.416 e. The van der Waals surface area contributed by atoms with Crippen molar-refractivity contribution < 1.29 is 21.6 Å². The first-order valence-corrected chi connectivity index (χ1v) is 9.40. The summed E-state index contributed by atoms with van der Waals surface area (Å²) in [5.74, 6) is 0. The second-order valence-corrected chi connectivity index (χ2v) is 8.00. The number of hydrogen-bond donors (Lipinski definition) is 0. The standard InChI is InChI=1S/C16H9Cl2F3N2O3S/c17-13-5-4-12(9-14(13)18)27(25,26)23-7-6-22(15(23)24)11-3-1-2-10(8-11)16(19,20)21/h1-9H. The highest BCUT2D eigenvalue weighted by molar-refractivity contribution is 7.90. The van der Waals surface area contributed by atoms with Crippen LogP contribution in [0.1, 0.15) is 5.56 Å². The summed E-state index contributed by atoms with van der Waals surface area (Å²) in [6.45, 7) is 0. The number of halogens is 5. The molecule has 0 aliphatic carbocycles. The van der Waals surface area contributed by atoms with Crippen LogP contribution in [0.15, 0.2) is 64.5 Å². The van der Waals surface area contributed by atoms with Gasteiger partial charge in [0.15, 0.2) is 0 Å². The fourth-order valence-electron chi connectivity index (χ4n) is 2.32. The number of alkyl halides is 3. The van der Waals surface area contributed by atoms with E-state index < -0.39 is 27.5 Å². The van der Waals surface area contributed by atoms with Crippen LogP contribution < -0.4 is 5.69 Å². The summed E-state index contributed by atoms with van der Waals surface area (Å²) < 4.78 is 65.1. The van der Waals surface area contributed by atoms with Gasteiger partial charge in [0.25, 0.3) is 10.0 Å². The minimum Gasteiger partial charge on any atom is -0.267 e. The van der Waals surface area contributed by atoms with Gasteiger partial charge in [-0.2, -0.15) is 17.1 Å². The van der Waals surface area contributed by atoms with Crippen molar-refractivity contribution in [3.63, 3.8) is 0 Å². The molecular formula is C16H9Cl2F3N2O3S. The maximum absolute atomic E-state index is 12.9. The molecule has 0 aliphatic heterocycles. The van der Waals surface area contributed by atoms with Crippen molar-refractivity contribution in [3.05, 3.63) is 81.0 Å². The van der Waals surface area contributed by atoms with Crippen molar-refractivity contribution >= 4 is 33.2 Å². The van der Waals surface area contributed by atoms with E-state index in [-0.39, 0.29) is 20.6 Å². The van der Waals surface area contributed by atoms with Gasteiger partial charge in [-0.05, 0) is 36.4 Å². The Morgan fingerprint density at radius 2 is 1.63 bits per heavy atom. The van der Waals surface area contributed by atoms with Crippen LogP contribution in [0.2, 0.25) is 10.0 Å². The summed E-state index contributed by atoms with van der Waals surface area (Å²) >= 11 is 11.6. The lowest BCUT2D eigenvalue weighted by molar-refractivity contribution is -0.137. The van der Waals surface area contributed by atoms with E-state index in [4.69, 9.17) is 23.2 Å². The van der Waals surface area contributed by atoms with Gasteiger partial charge in [-0.25, -0.2) is 13.2 Å². The van der Waals surface area contributed by atoms with Gasteiger partial charge in [-0.3, -0.25) is 4.57 Å². The number of aromatic nitrogens is 2. The predicted octanol–water partition coefficient (Wildman–Crippen LogP) is 4.20. The molecule has 0 radical (unpaired) electrons. The van der Waals surface area contributed by atoms with E-state index >= 15 is 0 Å². The largest absolute Gasteiger partial charge is 0.416 e. The van der Waals surface area contributed by atoms with Gasteiger partial charge < -0.3 is 0 Å². The normalized spacial score (nSPS) is 12.3. The van der Waals surface area contributed by atoms with Crippen LogP contribution in [0.5, 0.6) is 0 Å². The molecule has 5 nitrogen and oxygen atoms in total. The molecule has 1 aromatic heterocycles. The number of imidazole rings is 1. The Hall–Kier alpha value is -2.23. The maximum atomic E-state index is 12.9. The zero-order valence-corrected chi connectivity index (χ0v) is 15.4. The second-order valence-electron chi connectivity index (χ2n) is 5.38. The smallest absolute Gasteiger partial charge is 0.267 e. The van der Waals surface area contributed by atoms with Crippen LogP contribution in [-0.4, -0.2) is 17.0 Å². The molecule has 0 bridgehead atoms. The molecule has 0 aliphatic rings. The van der Waals surface area contributed by atoms with E-state index in [0.717, 1.165) is 47.3 Å². The molecule has 3 rings (SSSR count). The van der Waals surface area contributed by atoms with Gasteiger partial charge in [0.2, 0.25) is 0 Å². The lowest BCUT2D eigenvalue weighted by Gasteiger charge is -2.09. The Morgan fingerprint density at radius 3 is 2.26 bits per heavy atom. The number of hydrogen-bond acceptors (Lipinski definition) is 3. The van der Waals surface area contributed by atoms with Crippen LogP contribution in [0.3, 0.4) is 0 Å². The molecule has 142 valence electrons. The minimum atomic E-state index is -4.60. The van der Waals surface area contributed by atoms with E-state index in [1.807, 2.05) is 0 Å². The highest BCUT2D eigenvalue weighted by atomic mass is 35.5. The SMILES string of the molecule is O=c1n(-c2cccc(C(F)(F)F)c2)ccn1S(=O)(=O)c1ccc(Cl)c(Cl)c1. The molecule has 0 spiro atoms. The molecule has 0 saturated carbocycles. The zero-order chi connectivity index (χ0) is 20.0. The molecule has 0 amide bonds. The molecule has 11 heteroatoms. The van der Waals surface area contributed by atoms with Crippen LogP contribution in [0.25, 0.3) is 5.69 Å². The van der Waals surface area contributed by atoms with E-state index in [2.05, 4.69) is 0 Å². The van der Waals surface area contributed by atoms with Crippen molar-refractivity contribution in [2.45, 2.75) is 11.1 Å². The Kier molecular flexibility index (Phi) is 4.87. The van der Waals surface area contributed by atoms with Gasteiger partial charge in [0, 0.05) is 12.4 Å². The first-order chi connectivity index (χ1) is 12.5. The average Bonchev–Trinajstić information content (AvgIpc) is 2.99. The molecule has 0 saturated heterocycles. The van der Waals surface area contributed by atoms with Crippen molar-refractivity contribution in [3.8, 4) is 5.69 Å². The molecule has 0 atom stereocenters. The van der Waals surface area contributed by atoms with Gasteiger partial charge in [-0.15, -0.1) is 0 Å². The molecular weight excluding hydrogens is 428 g/mol. The lowest BCUT2D eigenvalue weighted by atomic mass is 10.2. The third-order valence-corrected chi connectivity index (χ3v) is 6.03. The van der Waals surface area contributed by atoms with Gasteiger partial charge in [-0.1, -0.05) is 29.3 Å². The van der Waals surface area contributed by atoms with Crippen LogP contribution >= 0.6 is 23.2 Å². The third kappa shape index (κ3) is 3.62. The molecule has 2 aromatic carbocycles. The molecule has 3 aromatic rings. The summed E-state index contributed by atoms with van der Waals surface area (Å²) in [6.07, 6.45) is -2.60. The van der Waals surface area contributed by atoms with Gasteiger partial charge >= 0.3 is 11.9 Å². The fourth-order valence-corrected chi connectivity index (χ4v) is 3.93. The molecule has 0 N–H and O–H groups in total. The topological polar surface area (TPSA) is 61.1 Å². The highest BCUT2D eigenvalue weighted by Crippen LogP contribution is 2.30. The molecule has 27 heavy (non-hydrogen) atoms. The lowest BCUT2D eigenvalue weighted by Crippen LogP contribution is -2.28. The zero-order valence-electron chi connectivity index (χ0n) is 13.1. The van der Waals surface area contributed by atoms with Crippen LogP contribution in [0, 0.1) is 0 Å². The Morgan fingerprint density at radius 1 is 0.926 bits per heavy atom. The van der Waals surface area contributed by atoms with Crippen molar-refractivity contribution in [1.29, 1.82) is 0 Å². The summed E-state index contributed by atoms with van der Waals surface area (Å²) in [5, 5.41) is 0.104. The minimum absolute atomic E-state index is 0.0249. The van der Waals surface area contributed by atoms with Crippen molar-refractivity contribution in [1.82, 2.24) is 8.54 Å². The van der Waals surface area contributed by atoms with Crippen molar-refractivity contribution in [2.75, 3.05) is 0 Å². The number of nitrogens with zero attached hydrogens (tertiary/aromatic N) is 2. The number of rotatable bonds is 3. The Labute approximate surface area is 161 Å². The summed E-state index contributed by atoms with van der Waals surface area (Å²) in [7, 11) is -4.32. The van der Waals surface area contributed by atoms with Crippen LogP contribution in [0.4, 0.5) is 13.2 Å². The second kappa shape index (κ2) is 6.74. The van der Waals surface area contributed by atoms with Crippen LogP contribution in [-0.2, 0) is 16.2 Å². The van der Waals surface area contributed by atoms with E-state index in [0.29, 0.717) is 3.97 Å². The van der Waals surface area contributed by atoms with Gasteiger partial charge in [0.1, 0.15) is 0 Å². The van der Waals surface area contributed by atoms with Gasteiger partial charge in [0.05, 0.1) is 26.2 Å². The Bertz CT molecular complexity index is 1180. The van der Waals surface area contributed by atoms with E-state index in [9.17, 15) is 26.4 Å². The first-order valence-electron chi connectivity index (χ1n) is 7.20. The van der Waals surface area contributed by atoms with E-state index in [1.54, 1.807) is 0 Å². The quantitative estimate of drug-likeness (QED) is 0.617. The first kappa shape index (κ1) is 19.5. The fraction of sp³-hybridized carbons (Fsp3) is 0.0625. The average molecular weight is 437 g/mol. The third-order valence-electron chi connectivity index (χ3n) is 3.65. The van der Waals surface area contributed by atoms with Crippen molar-refractivity contribution in [2.24, 2.45) is 0 Å². The summed E-state index contributed by atoms with van der Waals surface area (Å²) in [4.78, 5) is 12.2. The predicted molar refractivity (Wildman–Crippen MR) is 94.1 cm³/mol. The monoisotopic (exact) mass is 436 g/mol.